The topological polar surface area (TPSA) is 86.4 Å². The molecule has 34 heavy (non-hydrogen) atoms. The molecule has 1 fully saturated rings. The van der Waals surface area contributed by atoms with Crippen molar-refractivity contribution in [2.24, 2.45) is 0 Å². The molecule has 1 atom stereocenters. The van der Waals surface area contributed by atoms with Gasteiger partial charge >= 0.3 is 6.03 Å². The fourth-order valence-corrected chi connectivity index (χ4v) is 4.62. The van der Waals surface area contributed by atoms with Gasteiger partial charge in [-0.15, -0.1) is 0 Å². The Hall–Kier alpha value is -2.35. The van der Waals surface area contributed by atoms with Crippen molar-refractivity contribution in [2.75, 3.05) is 31.5 Å². The van der Waals surface area contributed by atoms with Crippen LogP contribution in [-0.2, 0) is 4.79 Å². The minimum Gasteiger partial charge on any atom is -0.353 e. The Kier molecular flexibility index (Phi) is 9.56. The van der Waals surface area contributed by atoms with E-state index in [0.717, 1.165) is 55.1 Å². The molecule has 7 nitrogen and oxygen atoms in total. The first kappa shape index (κ1) is 26.3. The predicted octanol–water partition coefficient (Wildman–Crippen LogP) is 4.90. The molecule has 1 aromatic carbocycles. The van der Waals surface area contributed by atoms with Crippen molar-refractivity contribution in [3.05, 3.63) is 57.3 Å². The van der Waals surface area contributed by atoms with Crippen LogP contribution in [0.15, 0.2) is 30.3 Å². The van der Waals surface area contributed by atoms with Gasteiger partial charge in [0.25, 0.3) is 0 Å². The largest absolute Gasteiger partial charge is 0.353 e. The van der Waals surface area contributed by atoms with Crippen LogP contribution in [0.25, 0.3) is 0 Å². The highest BCUT2D eigenvalue weighted by molar-refractivity contribution is 6.42. The fourth-order valence-electron chi connectivity index (χ4n) is 4.31. The Labute approximate surface area is 211 Å². The summed E-state index contributed by atoms with van der Waals surface area (Å²) in [6.07, 6.45) is 2.45. The highest BCUT2D eigenvalue weighted by Crippen LogP contribution is 2.28. The molecule has 0 aliphatic carbocycles. The van der Waals surface area contributed by atoms with Crippen LogP contribution >= 0.6 is 23.2 Å². The van der Waals surface area contributed by atoms with Gasteiger partial charge in [0.05, 0.1) is 16.0 Å². The average Bonchev–Trinajstić information content (AvgIpc) is 2.77. The van der Waals surface area contributed by atoms with Crippen LogP contribution in [0.2, 0.25) is 10.0 Å². The smallest absolute Gasteiger partial charge is 0.319 e. The molecule has 0 saturated carbocycles. The van der Waals surface area contributed by atoms with Gasteiger partial charge in [0, 0.05) is 49.3 Å². The van der Waals surface area contributed by atoms with Gasteiger partial charge in [-0.1, -0.05) is 36.2 Å². The zero-order chi connectivity index (χ0) is 24.7. The van der Waals surface area contributed by atoms with Crippen LogP contribution in [0.4, 0.5) is 10.5 Å². The Bertz CT molecular complexity index is 989. The Morgan fingerprint density at radius 1 is 1.09 bits per heavy atom. The standard InChI is InChI=1S/C25H33Cl2N5O2/c1-4-21(18-5-6-22(26)23(27)15-18)24(33)30-19-7-10-32(11-8-19)12-9-28-25(34)31-20-13-16(2)29-17(3)14-20/h5-6,13-15,19,21H,4,7-12H2,1-3H3,(H,30,33)(H2,28,29,31,34). The normalized spacial score (nSPS) is 15.6. The monoisotopic (exact) mass is 505 g/mol. The number of urea groups is 1. The first-order valence-corrected chi connectivity index (χ1v) is 12.5. The zero-order valence-corrected chi connectivity index (χ0v) is 21.5. The van der Waals surface area contributed by atoms with Crippen LogP contribution in [0.1, 0.15) is 49.1 Å². The van der Waals surface area contributed by atoms with E-state index in [9.17, 15) is 9.59 Å². The van der Waals surface area contributed by atoms with E-state index in [1.54, 1.807) is 12.1 Å². The second-order valence-corrected chi connectivity index (χ2v) is 9.59. The molecule has 3 amide bonds. The maximum atomic E-state index is 12.9. The van der Waals surface area contributed by atoms with Gasteiger partial charge in [0.1, 0.15) is 0 Å². The van der Waals surface area contributed by atoms with E-state index in [1.807, 2.05) is 39.0 Å². The Morgan fingerprint density at radius 2 is 1.76 bits per heavy atom. The summed E-state index contributed by atoms with van der Waals surface area (Å²) in [5, 5.41) is 9.92. The van der Waals surface area contributed by atoms with E-state index in [1.165, 1.54) is 0 Å². The number of piperidine rings is 1. The first-order valence-electron chi connectivity index (χ1n) is 11.7. The molecule has 9 heteroatoms. The summed E-state index contributed by atoms with van der Waals surface area (Å²) in [6.45, 7) is 8.87. The number of carbonyl (C=O) groups excluding carboxylic acids is 2. The molecule has 1 aliphatic heterocycles. The maximum absolute atomic E-state index is 12.9. The van der Waals surface area contributed by atoms with Crippen LogP contribution < -0.4 is 16.0 Å². The molecule has 1 saturated heterocycles. The predicted molar refractivity (Wildman–Crippen MR) is 138 cm³/mol. The summed E-state index contributed by atoms with van der Waals surface area (Å²) in [5.74, 6) is -0.220. The number of amides is 3. The highest BCUT2D eigenvalue weighted by Gasteiger charge is 2.25. The number of likely N-dealkylation sites (tertiary alicyclic amines) is 1. The number of halogens is 2. The quantitative estimate of drug-likeness (QED) is 0.476. The fraction of sp³-hybridized carbons (Fsp3) is 0.480. The van der Waals surface area contributed by atoms with Crippen molar-refractivity contribution < 1.29 is 9.59 Å². The number of nitrogens with one attached hydrogen (secondary N) is 3. The first-order chi connectivity index (χ1) is 16.2. The number of carbonyl (C=O) groups is 2. The highest BCUT2D eigenvalue weighted by atomic mass is 35.5. The average molecular weight is 506 g/mol. The van der Waals surface area contributed by atoms with E-state index in [0.29, 0.717) is 23.0 Å². The Morgan fingerprint density at radius 3 is 2.38 bits per heavy atom. The molecular formula is C25H33Cl2N5O2. The minimum atomic E-state index is -0.247. The number of hydrogen-bond donors (Lipinski definition) is 3. The molecule has 0 radical (unpaired) electrons. The third-order valence-corrected chi connectivity index (χ3v) is 6.80. The van der Waals surface area contributed by atoms with Crippen LogP contribution in [0, 0.1) is 13.8 Å². The van der Waals surface area contributed by atoms with Crippen LogP contribution in [0.3, 0.4) is 0 Å². The van der Waals surface area contributed by atoms with Crippen molar-refractivity contribution in [2.45, 2.75) is 52.0 Å². The van der Waals surface area contributed by atoms with E-state index in [2.05, 4.69) is 25.8 Å². The third-order valence-electron chi connectivity index (χ3n) is 6.06. The summed E-state index contributed by atoms with van der Waals surface area (Å²) in [7, 11) is 0. The number of hydrogen-bond acceptors (Lipinski definition) is 4. The van der Waals surface area contributed by atoms with Crippen molar-refractivity contribution >= 4 is 40.8 Å². The van der Waals surface area contributed by atoms with Crippen molar-refractivity contribution in [1.29, 1.82) is 0 Å². The summed E-state index contributed by atoms with van der Waals surface area (Å²) in [6, 6.07) is 8.99. The number of aromatic nitrogens is 1. The van der Waals surface area contributed by atoms with Crippen LogP contribution in [0.5, 0.6) is 0 Å². The SMILES string of the molecule is CCC(C(=O)NC1CCN(CCNC(=O)Nc2cc(C)nc(C)c2)CC1)c1ccc(Cl)c(Cl)c1. The number of pyridine rings is 1. The second-order valence-electron chi connectivity index (χ2n) is 8.78. The van der Waals surface area contributed by atoms with E-state index < -0.39 is 0 Å². The van der Waals surface area contributed by atoms with Gasteiger partial charge in [-0.05, 0) is 62.9 Å². The molecule has 2 heterocycles. The third kappa shape index (κ3) is 7.58. The molecule has 1 aliphatic rings. The summed E-state index contributed by atoms with van der Waals surface area (Å²) < 4.78 is 0. The number of aryl methyl sites for hydroxylation is 2. The number of benzene rings is 1. The Balaban J connectivity index is 1.38. The molecule has 3 N–H and O–H groups in total. The molecule has 0 spiro atoms. The van der Waals surface area contributed by atoms with Crippen molar-refractivity contribution in [3.8, 4) is 0 Å². The van der Waals surface area contributed by atoms with Crippen molar-refractivity contribution in [3.63, 3.8) is 0 Å². The maximum Gasteiger partial charge on any atom is 0.319 e. The van der Waals surface area contributed by atoms with Gasteiger partial charge in [0.2, 0.25) is 5.91 Å². The van der Waals surface area contributed by atoms with Gasteiger partial charge in [-0.25, -0.2) is 4.79 Å². The summed E-state index contributed by atoms with van der Waals surface area (Å²) >= 11 is 12.2. The molecule has 184 valence electrons. The molecule has 1 unspecified atom stereocenters. The van der Waals surface area contributed by atoms with Gasteiger partial charge in [0.15, 0.2) is 0 Å². The second kappa shape index (κ2) is 12.4. The minimum absolute atomic E-state index is 0.0271. The lowest BCUT2D eigenvalue weighted by molar-refractivity contribution is -0.123. The summed E-state index contributed by atoms with van der Waals surface area (Å²) in [4.78, 5) is 31.7. The van der Waals surface area contributed by atoms with E-state index in [-0.39, 0.29) is 23.9 Å². The van der Waals surface area contributed by atoms with Gasteiger partial charge < -0.3 is 20.9 Å². The van der Waals surface area contributed by atoms with E-state index >= 15 is 0 Å². The number of nitrogens with zero attached hydrogens (tertiary/aromatic N) is 2. The molecular weight excluding hydrogens is 473 g/mol. The number of anilines is 1. The lowest BCUT2D eigenvalue weighted by atomic mass is 9.94. The van der Waals surface area contributed by atoms with E-state index in [4.69, 9.17) is 23.2 Å². The molecule has 0 bridgehead atoms. The number of rotatable bonds is 8. The zero-order valence-electron chi connectivity index (χ0n) is 20.0. The summed E-state index contributed by atoms with van der Waals surface area (Å²) in [5.41, 5.74) is 3.36. The molecule has 1 aromatic heterocycles. The van der Waals surface area contributed by atoms with Crippen molar-refractivity contribution in [1.82, 2.24) is 20.5 Å². The van der Waals surface area contributed by atoms with Gasteiger partial charge in [-0.3, -0.25) is 9.78 Å². The molecule has 3 rings (SSSR count). The lowest BCUT2D eigenvalue weighted by Crippen LogP contribution is -2.47. The molecule has 2 aromatic rings. The van der Waals surface area contributed by atoms with Gasteiger partial charge in [-0.2, -0.15) is 0 Å². The van der Waals surface area contributed by atoms with Crippen LogP contribution in [-0.4, -0.2) is 54.0 Å². The lowest BCUT2D eigenvalue weighted by Gasteiger charge is -2.33.